The number of carboxylic acid groups (broad SMARTS) is 1. The molecular formula is C41H52N8O6. The van der Waals surface area contributed by atoms with E-state index in [4.69, 9.17) is 4.74 Å². The van der Waals surface area contributed by atoms with Crippen molar-refractivity contribution in [3.05, 3.63) is 72.6 Å². The molecule has 2 aliphatic heterocycles. The van der Waals surface area contributed by atoms with E-state index in [-0.39, 0.29) is 23.9 Å². The predicted octanol–water partition coefficient (Wildman–Crippen LogP) is 6.91. The predicted molar refractivity (Wildman–Crippen MR) is 208 cm³/mol. The molecule has 14 heteroatoms. The zero-order valence-corrected chi connectivity index (χ0v) is 32.6. The summed E-state index contributed by atoms with van der Waals surface area (Å²) in [6.45, 7) is 12.4. The highest BCUT2D eigenvalue weighted by Gasteiger charge is 2.42. The normalized spacial score (nSPS) is 18.5. The van der Waals surface area contributed by atoms with Crippen LogP contribution in [0.4, 0.5) is 9.59 Å². The number of hydrogen-bond donors (Lipinski definition) is 5. The van der Waals surface area contributed by atoms with Crippen LogP contribution in [-0.4, -0.2) is 91.1 Å². The Morgan fingerprint density at radius 1 is 0.691 bits per heavy atom. The molecule has 6 rings (SSSR count). The summed E-state index contributed by atoms with van der Waals surface area (Å²) in [6.07, 6.45) is 4.87. The van der Waals surface area contributed by atoms with E-state index in [0.717, 1.165) is 59.3 Å². The first-order valence-electron chi connectivity index (χ1n) is 18.8. The summed E-state index contributed by atoms with van der Waals surface area (Å²) >= 11 is 0. The first kappa shape index (κ1) is 39.0. The smallest absolute Gasteiger partial charge is 0.407 e. The van der Waals surface area contributed by atoms with Crippen molar-refractivity contribution in [2.24, 2.45) is 10.8 Å². The average Bonchev–Trinajstić information content (AvgIpc) is 3.98. The third-order valence-electron chi connectivity index (χ3n) is 10.6. The van der Waals surface area contributed by atoms with Crippen molar-refractivity contribution >= 4 is 24.0 Å². The van der Waals surface area contributed by atoms with Crippen LogP contribution in [0.15, 0.2) is 60.9 Å². The number of benzene rings is 2. The number of ether oxygens (including phenoxy) is 1. The number of carbonyl (C=O) groups is 4. The Morgan fingerprint density at radius 2 is 1.07 bits per heavy atom. The number of carbonyl (C=O) groups excluding carboxylic acids is 3. The van der Waals surface area contributed by atoms with E-state index in [1.165, 1.54) is 7.11 Å². The van der Waals surface area contributed by atoms with Gasteiger partial charge >= 0.3 is 12.2 Å². The number of H-pyrrole nitrogens is 2. The van der Waals surface area contributed by atoms with Crippen LogP contribution in [0.2, 0.25) is 0 Å². The molecule has 0 bridgehead atoms. The van der Waals surface area contributed by atoms with Crippen LogP contribution in [0.5, 0.6) is 0 Å². The highest BCUT2D eigenvalue weighted by atomic mass is 16.5. The molecule has 4 amide bonds. The minimum atomic E-state index is -1.22. The molecule has 55 heavy (non-hydrogen) atoms. The van der Waals surface area contributed by atoms with Gasteiger partial charge in [-0.3, -0.25) is 9.59 Å². The number of amides is 4. The number of alkyl carbamates (subject to hydrolysis) is 1. The molecule has 2 fully saturated rings. The van der Waals surface area contributed by atoms with Crippen molar-refractivity contribution in [1.82, 2.24) is 40.4 Å². The SMILES string of the molecule is COC(=O)N[C@H](C(=O)N1CCCC1c1ncc(-c2ccc(-c3ccc(-c4cnc([C@@H]5CCCN5C(=O)[C@@H](NC(=O)O)C(C)(C)C)[nH]4)cc3)cc2)[nH]1)C(C)(C)C. The first-order valence-corrected chi connectivity index (χ1v) is 18.8. The Morgan fingerprint density at radius 3 is 1.44 bits per heavy atom. The number of imidazole rings is 2. The van der Waals surface area contributed by atoms with E-state index >= 15 is 0 Å². The number of rotatable bonds is 9. The van der Waals surface area contributed by atoms with E-state index in [9.17, 15) is 24.3 Å². The number of nitrogens with zero attached hydrogens (tertiary/aromatic N) is 4. The first-order chi connectivity index (χ1) is 26.0. The molecule has 4 atom stereocenters. The van der Waals surface area contributed by atoms with Gasteiger partial charge < -0.3 is 40.2 Å². The minimum Gasteiger partial charge on any atom is -0.465 e. The summed E-state index contributed by atoms with van der Waals surface area (Å²) in [4.78, 5) is 70.6. The molecule has 14 nitrogen and oxygen atoms in total. The Labute approximate surface area is 321 Å². The highest BCUT2D eigenvalue weighted by molar-refractivity contribution is 5.87. The fourth-order valence-electron chi connectivity index (χ4n) is 7.55. The molecule has 0 radical (unpaired) electrons. The zero-order valence-electron chi connectivity index (χ0n) is 32.6. The summed E-state index contributed by atoms with van der Waals surface area (Å²) in [5.41, 5.74) is 4.58. The van der Waals surface area contributed by atoms with Crippen molar-refractivity contribution in [3.8, 4) is 33.6 Å². The van der Waals surface area contributed by atoms with Gasteiger partial charge in [-0.2, -0.15) is 0 Å². The number of aromatic nitrogens is 4. The molecule has 5 N–H and O–H groups in total. The lowest BCUT2D eigenvalue weighted by Crippen LogP contribution is -2.54. The standard InChI is InChI=1S/C41H52N8O6/c1-40(2,3)32(46-38(52)53)36(50)48-20-8-10-30(48)34-42-22-28(44-34)26-16-12-24(13-17-26)25-14-18-27(19-15-25)29-23-43-35(45-29)31-11-9-21-49(31)37(51)33(41(4,5)6)47-39(54)55-7/h12-19,22-23,30-33,46H,8-11,20-21H2,1-7H3,(H,42,44)(H,43,45)(H,47,54)(H,52,53)/t30-,31?,32+,33+/m0/s1. The topological polar surface area (TPSA) is 186 Å². The minimum absolute atomic E-state index is 0.157. The molecule has 0 saturated carbocycles. The lowest BCUT2D eigenvalue weighted by Gasteiger charge is -2.35. The van der Waals surface area contributed by atoms with Crippen molar-refractivity contribution in [1.29, 1.82) is 0 Å². The number of methoxy groups -OCH3 is 1. The molecular weight excluding hydrogens is 701 g/mol. The van der Waals surface area contributed by atoms with Crippen LogP contribution in [-0.2, 0) is 14.3 Å². The molecule has 4 aromatic rings. The molecule has 2 aromatic heterocycles. The summed E-state index contributed by atoms with van der Waals surface area (Å²) < 4.78 is 4.79. The largest absolute Gasteiger partial charge is 0.465 e. The summed E-state index contributed by atoms with van der Waals surface area (Å²) in [7, 11) is 1.29. The molecule has 2 aromatic carbocycles. The maximum Gasteiger partial charge on any atom is 0.407 e. The van der Waals surface area contributed by atoms with Crippen LogP contribution in [0.3, 0.4) is 0 Å². The molecule has 4 heterocycles. The van der Waals surface area contributed by atoms with Gasteiger partial charge in [0.1, 0.15) is 23.7 Å². The van der Waals surface area contributed by atoms with Gasteiger partial charge in [0.05, 0.1) is 43.0 Å². The van der Waals surface area contributed by atoms with Crippen LogP contribution < -0.4 is 10.6 Å². The van der Waals surface area contributed by atoms with Crippen LogP contribution in [0.25, 0.3) is 33.6 Å². The van der Waals surface area contributed by atoms with Gasteiger partial charge in [-0.15, -0.1) is 0 Å². The van der Waals surface area contributed by atoms with Gasteiger partial charge in [0.2, 0.25) is 11.8 Å². The zero-order chi connectivity index (χ0) is 39.7. The fourth-order valence-corrected chi connectivity index (χ4v) is 7.55. The number of aromatic amines is 2. The van der Waals surface area contributed by atoms with Crippen LogP contribution in [0.1, 0.15) is 91.0 Å². The van der Waals surface area contributed by atoms with Gasteiger partial charge in [0, 0.05) is 13.1 Å². The van der Waals surface area contributed by atoms with Gasteiger partial charge in [0.25, 0.3) is 0 Å². The molecule has 0 spiro atoms. The fraction of sp³-hybridized carbons (Fsp3) is 0.463. The lowest BCUT2D eigenvalue weighted by molar-refractivity contribution is -0.137. The highest BCUT2D eigenvalue weighted by Crippen LogP contribution is 2.36. The molecule has 2 aliphatic rings. The molecule has 0 aliphatic carbocycles. The molecule has 2 saturated heterocycles. The second-order valence-electron chi connectivity index (χ2n) is 16.6. The summed E-state index contributed by atoms with van der Waals surface area (Å²) in [5.74, 6) is 0.995. The van der Waals surface area contributed by atoms with Gasteiger partial charge in [-0.1, -0.05) is 90.1 Å². The van der Waals surface area contributed by atoms with Crippen molar-refractivity contribution in [2.75, 3.05) is 20.2 Å². The Kier molecular flexibility index (Phi) is 11.1. The van der Waals surface area contributed by atoms with Gasteiger partial charge in [-0.25, -0.2) is 19.6 Å². The average molecular weight is 753 g/mol. The third-order valence-corrected chi connectivity index (χ3v) is 10.6. The van der Waals surface area contributed by atoms with E-state index < -0.39 is 35.1 Å². The summed E-state index contributed by atoms with van der Waals surface area (Å²) in [5, 5.41) is 14.5. The van der Waals surface area contributed by atoms with Gasteiger partial charge in [-0.05, 0) is 58.8 Å². The van der Waals surface area contributed by atoms with Crippen molar-refractivity contribution < 1.29 is 29.0 Å². The second-order valence-corrected chi connectivity index (χ2v) is 16.6. The Hall–Kier alpha value is -5.66. The third kappa shape index (κ3) is 8.53. The maximum atomic E-state index is 13.7. The van der Waals surface area contributed by atoms with Crippen LogP contribution >= 0.6 is 0 Å². The second kappa shape index (κ2) is 15.6. The molecule has 292 valence electrons. The lowest BCUT2D eigenvalue weighted by atomic mass is 9.85. The van der Waals surface area contributed by atoms with Crippen molar-refractivity contribution in [3.63, 3.8) is 0 Å². The molecule has 1 unspecified atom stereocenters. The number of hydrogen-bond acceptors (Lipinski definition) is 7. The van der Waals surface area contributed by atoms with E-state index in [1.807, 2.05) is 65.8 Å². The maximum absolute atomic E-state index is 13.7. The van der Waals surface area contributed by atoms with E-state index in [0.29, 0.717) is 24.7 Å². The van der Waals surface area contributed by atoms with Gasteiger partial charge in [0.15, 0.2) is 0 Å². The number of nitrogens with one attached hydrogen (secondary N) is 4. The monoisotopic (exact) mass is 752 g/mol. The quantitative estimate of drug-likeness (QED) is 0.122. The Balaban J connectivity index is 1.12. The van der Waals surface area contributed by atoms with E-state index in [1.54, 1.807) is 22.2 Å². The van der Waals surface area contributed by atoms with Crippen LogP contribution in [0, 0.1) is 10.8 Å². The van der Waals surface area contributed by atoms with Crippen molar-refractivity contribution in [2.45, 2.75) is 91.4 Å². The van der Waals surface area contributed by atoms with E-state index in [2.05, 4.69) is 54.8 Å². The number of likely N-dealkylation sites (tertiary alicyclic amines) is 2. The Bertz CT molecular complexity index is 2010. The summed E-state index contributed by atoms with van der Waals surface area (Å²) in [6, 6.07) is 14.3.